The van der Waals surface area contributed by atoms with Gasteiger partial charge < -0.3 is 14.8 Å². The highest BCUT2D eigenvalue weighted by Crippen LogP contribution is 2.22. The molecule has 1 unspecified atom stereocenters. The Balaban J connectivity index is 1.31. The third-order valence-corrected chi connectivity index (χ3v) is 6.41. The number of halogens is 1. The number of rotatable bonds is 9. The maximum atomic E-state index is 13.8. The molecular formula is C25H28FN3O3S. The highest BCUT2D eigenvalue weighted by atomic mass is 32.1. The van der Waals surface area contributed by atoms with Crippen molar-refractivity contribution in [1.29, 1.82) is 0 Å². The number of thiazole rings is 1. The van der Waals surface area contributed by atoms with Gasteiger partial charge in [0.25, 0.3) is 0 Å². The zero-order valence-corrected chi connectivity index (χ0v) is 19.4. The van der Waals surface area contributed by atoms with Gasteiger partial charge in [-0.25, -0.2) is 9.37 Å². The van der Waals surface area contributed by atoms with Crippen molar-refractivity contribution >= 4 is 17.2 Å². The van der Waals surface area contributed by atoms with Crippen LogP contribution in [0.1, 0.15) is 27.9 Å². The Morgan fingerprint density at radius 1 is 1.24 bits per heavy atom. The van der Waals surface area contributed by atoms with Crippen LogP contribution in [0.15, 0.2) is 53.9 Å². The minimum Gasteiger partial charge on any atom is -0.486 e. The average Bonchev–Trinajstić information content (AvgIpc) is 3.27. The summed E-state index contributed by atoms with van der Waals surface area (Å²) < 4.78 is 25.0. The lowest BCUT2D eigenvalue weighted by Crippen LogP contribution is -2.44. The van der Waals surface area contributed by atoms with E-state index in [1.807, 2.05) is 42.6 Å². The summed E-state index contributed by atoms with van der Waals surface area (Å²) >= 11 is 1.48. The van der Waals surface area contributed by atoms with Crippen molar-refractivity contribution < 1.29 is 18.7 Å². The molecule has 1 N–H and O–H groups in total. The summed E-state index contributed by atoms with van der Waals surface area (Å²) in [6, 6.07) is 14.3. The van der Waals surface area contributed by atoms with Crippen molar-refractivity contribution in [2.45, 2.75) is 26.0 Å². The van der Waals surface area contributed by atoms with Crippen LogP contribution in [0.4, 0.5) is 4.39 Å². The van der Waals surface area contributed by atoms with Gasteiger partial charge in [-0.15, -0.1) is 11.3 Å². The van der Waals surface area contributed by atoms with Crippen molar-refractivity contribution in [1.82, 2.24) is 15.2 Å². The van der Waals surface area contributed by atoms with Crippen LogP contribution in [0.3, 0.4) is 0 Å². The molecule has 1 atom stereocenters. The van der Waals surface area contributed by atoms with E-state index in [4.69, 9.17) is 9.47 Å². The lowest BCUT2D eigenvalue weighted by atomic mass is 10.0. The summed E-state index contributed by atoms with van der Waals surface area (Å²) in [5.74, 6) is 0.405. The van der Waals surface area contributed by atoms with E-state index in [-0.39, 0.29) is 24.2 Å². The number of ether oxygens (including phenoxy) is 2. The molecule has 1 saturated heterocycles. The van der Waals surface area contributed by atoms with Crippen LogP contribution in [0.25, 0.3) is 0 Å². The number of carbonyl (C=O) groups is 1. The lowest BCUT2D eigenvalue weighted by Gasteiger charge is -2.35. The van der Waals surface area contributed by atoms with Crippen LogP contribution in [-0.4, -0.2) is 48.6 Å². The molecular weight excluding hydrogens is 441 g/mol. The number of aryl methyl sites for hydroxylation is 1. The molecule has 3 aromatic rings. The summed E-state index contributed by atoms with van der Waals surface area (Å²) in [6.45, 7) is 5.55. The predicted molar refractivity (Wildman–Crippen MR) is 126 cm³/mol. The van der Waals surface area contributed by atoms with Gasteiger partial charge in [-0.05, 0) is 36.8 Å². The van der Waals surface area contributed by atoms with E-state index in [1.165, 1.54) is 29.0 Å². The van der Waals surface area contributed by atoms with E-state index in [1.54, 1.807) is 6.07 Å². The first-order valence-corrected chi connectivity index (χ1v) is 11.9. The quantitative estimate of drug-likeness (QED) is 0.515. The molecule has 0 radical (unpaired) electrons. The molecule has 2 heterocycles. The van der Waals surface area contributed by atoms with Crippen molar-refractivity contribution in [2.24, 2.45) is 0 Å². The van der Waals surface area contributed by atoms with Gasteiger partial charge >= 0.3 is 0 Å². The molecule has 1 fully saturated rings. The van der Waals surface area contributed by atoms with Gasteiger partial charge in [-0.2, -0.15) is 0 Å². The molecule has 1 amide bonds. The molecule has 0 saturated carbocycles. The first-order valence-electron chi connectivity index (χ1n) is 11.0. The number of morpholine rings is 1. The monoisotopic (exact) mass is 469 g/mol. The standard InChI is InChI=1S/C25H28FN3O3S/c1-18-5-7-22(8-6-18)32-16-25-28-21(17-33-25)14-24(30)27-15-23(29-9-11-31-12-10-29)19-3-2-4-20(26)13-19/h2-8,13,17,23H,9-12,14-16H2,1H3,(H,27,30). The molecule has 33 heavy (non-hydrogen) atoms. The minimum atomic E-state index is -0.278. The Morgan fingerprint density at radius 3 is 2.79 bits per heavy atom. The van der Waals surface area contributed by atoms with Gasteiger partial charge in [-0.1, -0.05) is 29.8 Å². The topological polar surface area (TPSA) is 63.7 Å². The second-order valence-corrected chi connectivity index (χ2v) is 8.98. The van der Waals surface area contributed by atoms with Crippen molar-refractivity contribution in [2.75, 3.05) is 32.8 Å². The molecule has 1 aromatic heterocycles. The Labute approximate surface area is 197 Å². The molecule has 174 valence electrons. The molecule has 6 nitrogen and oxygen atoms in total. The molecule has 1 aliphatic rings. The molecule has 4 rings (SSSR count). The third kappa shape index (κ3) is 6.83. The van der Waals surface area contributed by atoms with Crippen LogP contribution >= 0.6 is 11.3 Å². The number of aromatic nitrogens is 1. The second-order valence-electron chi connectivity index (χ2n) is 8.03. The fourth-order valence-corrected chi connectivity index (χ4v) is 4.48. The Morgan fingerprint density at radius 2 is 2.03 bits per heavy atom. The van der Waals surface area contributed by atoms with Gasteiger partial charge in [0, 0.05) is 25.0 Å². The van der Waals surface area contributed by atoms with Gasteiger partial charge in [0.1, 0.15) is 23.2 Å². The van der Waals surface area contributed by atoms with E-state index in [0.717, 1.165) is 29.4 Å². The van der Waals surface area contributed by atoms with Crippen LogP contribution in [-0.2, 0) is 22.6 Å². The summed E-state index contributed by atoms with van der Waals surface area (Å²) in [7, 11) is 0. The van der Waals surface area contributed by atoms with E-state index in [9.17, 15) is 9.18 Å². The SMILES string of the molecule is Cc1ccc(OCc2nc(CC(=O)NCC(c3cccc(F)c3)N3CCOCC3)cs2)cc1. The number of nitrogens with zero attached hydrogens (tertiary/aromatic N) is 2. The molecule has 8 heteroatoms. The van der Waals surface area contributed by atoms with Crippen LogP contribution < -0.4 is 10.1 Å². The van der Waals surface area contributed by atoms with E-state index < -0.39 is 0 Å². The Kier molecular flexibility index (Phi) is 8.04. The van der Waals surface area contributed by atoms with Gasteiger partial charge in [-0.3, -0.25) is 9.69 Å². The lowest BCUT2D eigenvalue weighted by molar-refractivity contribution is -0.120. The first kappa shape index (κ1) is 23.4. The molecule has 0 aliphatic carbocycles. The average molecular weight is 470 g/mol. The maximum Gasteiger partial charge on any atom is 0.226 e. The highest BCUT2D eigenvalue weighted by Gasteiger charge is 2.23. The van der Waals surface area contributed by atoms with Crippen molar-refractivity contribution in [3.63, 3.8) is 0 Å². The fourth-order valence-electron chi connectivity index (χ4n) is 3.77. The van der Waals surface area contributed by atoms with Gasteiger partial charge in [0.2, 0.25) is 5.91 Å². The summed E-state index contributed by atoms with van der Waals surface area (Å²) in [6.07, 6.45) is 0.194. The van der Waals surface area contributed by atoms with Crippen molar-refractivity contribution in [3.8, 4) is 5.75 Å². The molecule has 2 aromatic carbocycles. The number of hydrogen-bond acceptors (Lipinski definition) is 6. The van der Waals surface area contributed by atoms with E-state index >= 15 is 0 Å². The molecule has 1 aliphatic heterocycles. The highest BCUT2D eigenvalue weighted by molar-refractivity contribution is 7.09. The third-order valence-electron chi connectivity index (χ3n) is 5.54. The number of carbonyl (C=O) groups excluding carboxylic acids is 1. The second kappa shape index (κ2) is 11.4. The van der Waals surface area contributed by atoms with Crippen LogP contribution in [0.2, 0.25) is 0 Å². The van der Waals surface area contributed by atoms with Crippen LogP contribution in [0, 0.1) is 12.7 Å². The molecule has 0 bridgehead atoms. The van der Waals surface area contributed by atoms with Crippen LogP contribution in [0.5, 0.6) is 5.75 Å². The minimum absolute atomic E-state index is 0.109. The maximum absolute atomic E-state index is 13.8. The number of nitrogens with one attached hydrogen (secondary N) is 1. The number of amides is 1. The zero-order valence-electron chi connectivity index (χ0n) is 18.6. The Bertz CT molecular complexity index is 1050. The van der Waals surface area contributed by atoms with E-state index in [2.05, 4.69) is 15.2 Å². The summed E-state index contributed by atoms with van der Waals surface area (Å²) in [5.41, 5.74) is 2.74. The predicted octanol–water partition coefficient (Wildman–Crippen LogP) is 3.90. The van der Waals surface area contributed by atoms with E-state index in [0.29, 0.717) is 32.1 Å². The normalized spacial score (nSPS) is 15.2. The molecule has 0 spiro atoms. The number of hydrogen-bond donors (Lipinski definition) is 1. The first-order chi connectivity index (χ1) is 16.1. The Hall–Kier alpha value is -2.81. The van der Waals surface area contributed by atoms with Crippen molar-refractivity contribution in [3.05, 3.63) is 81.6 Å². The largest absolute Gasteiger partial charge is 0.486 e. The fraction of sp³-hybridized carbons (Fsp3) is 0.360. The summed E-state index contributed by atoms with van der Waals surface area (Å²) in [4.78, 5) is 19.4. The number of benzene rings is 2. The zero-order chi connectivity index (χ0) is 23.0. The van der Waals surface area contributed by atoms with Gasteiger partial charge in [0.05, 0.1) is 31.4 Å². The van der Waals surface area contributed by atoms with Gasteiger partial charge in [0.15, 0.2) is 0 Å². The smallest absolute Gasteiger partial charge is 0.226 e. The summed E-state index contributed by atoms with van der Waals surface area (Å²) in [5, 5.41) is 5.72.